The van der Waals surface area contributed by atoms with E-state index in [1.54, 1.807) is 25.0 Å². The van der Waals surface area contributed by atoms with Crippen LogP contribution in [-0.4, -0.2) is 68.7 Å². The summed E-state index contributed by atoms with van der Waals surface area (Å²) >= 11 is 0. The van der Waals surface area contributed by atoms with Crippen LogP contribution in [0.25, 0.3) is 11.2 Å². The van der Waals surface area contributed by atoms with Crippen LogP contribution in [-0.2, 0) is 4.74 Å². The predicted octanol–water partition coefficient (Wildman–Crippen LogP) is -1.29. The first-order valence-electron chi connectivity index (χ1n) is 6.68. The Bertz CT molecular complexity index is 632. The molecule has 114 valence electrons. The first-order valence-corrected chi connectivity index (χ1v) is 6.68. The average Bonchev–Trinajstić information content (AvgIpc) is 3.07. The lowest BCUT2D eigenvalue weighted by Crippen LogP contribution is -2.43. The molecule has 21 heavy (non-hydrogen) atoms. The Hall–Kier alpha value is -1.81. The van der Waals surface area contributed by atoms with Gasteiger partial charge in [0.05, 0.1) is 19.0 Å². The highest BCUT2D eigenvalue weighted by Crippen LogP contribution is 2.31. The van der Waals surface area contributed by atoms with Crippen molar-refractivity contribution in [3.05, 3.63) is 12.7 Å². The molecule has 0 amide bonds. The number of rotatable bonds is 4. The van der Waals surface area contributed by atoms with Gasteiger partial charge in [0.15, 0.2) is 17.7 Å². The van der Waals surface area contributed by atoms with E-state index in [-0.39, 0.29) is 12.6 Å². The molecule has 0 aliphatic carbocycles. The summed E-state index contributed by atoms with van der Waals surface area (Å²) < 4.78 is 7.39. The molecule has 0 saturated carbocycles. The molecule has 1 aliphatic rings. The van der Waals surface area contributed by atoms with Gasteiger partial charge in [-0.1, -0.05) is 0 Å². The Morgan fingerprint density at radius 2 is 2.14 bits per heavy atom. The van der Waals surface area contributed by atoms with E-state index in [0.29, 0.717) is 17.0 Å². The van der Waals surface area contributed by atoms with Gasteiger partial charge in [0.25, 0.3) is 0 Å². The van der Waals surface area contributed by atoms with Crippen molar-refractivity contribution in [1.29, 1.82) is 0 Å². The molecular weight excluding hydrogens is 276 g/mol. The molecule has 2 aromatic rings. The summed E-state index contributed by atoms with van der Waals surface area (Å²) in [6.45, 7) is -0.178. The summed E-state index contributed by atoms with van der Waals surface area (Å²) in [6, 6.07) is -0.358. The maximum Gasteiger partial charge on any atom is 0.167 e. The Morgan fingerprint density at radius 1 is 1.33 bits per heavy atom. The number of aliphatic hydroxyl groups excluding tert-OH is 2. The number of nitrogens with zero attached hydrogens (tertiary/aromatic N) is 4. The lowest BCUT2D eigenvalue weighted by molar-refractivity contribution is -0.0489. The quantitative estimate of drug-likeness (QED) is 0.550. The minimum atomic E-state index is -0.822. The SMILES string of the molecule is CNc1ncnc2c1ncn2[C@@H]1O[C@H](CO)[C@@H](NC)[C@H]1O. The van der Waals surface area contributed by atoms with Gasteiger partial charge in [-0.2, -0.15) is 0 Å². The van der Waals surface area contributed by atoms with Crippen molar-refractivity contribution >= 4 is 17.0 Å². The molecule has 2 aromatic heterocycles. The predicted molar refractivity (Wildman–Crippen MR) is 74.7 cm³/mol. The van der Waals surface area contributed by atoms with Gasteiger partial charge in [-0.25, -0.2) is 15.0 Å². The number of aliphatic hydroxyl groups is 2. The molecule has 0 aromatic carbocycles. The van der Waals surface area contributed by atoms with E-state index in [9.17, 15) is 10.2 Å². The van der Waals surface area contributed by atoms with Crippen LogP contribution in [0.4, 0.5) is 5.82 Å². The zero-order chi connectivity index (χ0) is 15.0. The van der Waals surface area contributed by atoms with Crippen molar-refractivity contribution in [2.75, 3.05) is 26.0 Å². The van der Waals surface area contributed by atoms with Gasteiger partial charge in [-0.05, 0) is 7.05 Å². The number of hydrogen-bond donors (Lipinski definition) is 4. The molecule has 4 N–H and O–H groups in total. The first kappa shape index (κ1) is 14.1. The van der Waals surface area contributed by atoms with E-state index < -0.39 is 18.4 Å². The number of fused-ring (bicyclic) bond motifs is 1. The lowest BCUT2D eigenvalue weighted by atomic mass is 10.1. The molecular formula is C12H18N6O3. The zero-order valence-corrected chi connectivity index (χ0v) is 11.8. The Balaban J connectivity index is 2.01. The molecule has 9 nitrogen and oxygen atoms in total. The number of nitrogens with one attached hydrogen (secondary N) is 2. The highest BCUT2D eigenvalue weighted by Gasteiger charge is 2.44. The van der Waals surface area contributed by atoms with Crippen LogP contribution in [0.3, 0.4) is 0 Å². The molecule has 3 heterocycles. The Morgan fingerprint density at radius 3 is 2.76 bits per heavy atom. The smallest absolute Gasteiger partial charge is 0.167 e. The van der Waals surface area contributed by atoms with Crippen molar-refractivity contribution < 1.29 is 14.9 Å². The molecule has 1 aliphatic heterocycles. The van der Waals surface area contributed by atoms with Gasteiger partial charge in [0.1, 0.15) is 24.1 Å². The number of ether oxygens (including phenoxy) is 1. The first-order chi connectivity index (χ1) is 10.2. The standard InChI is InChI=1S/C12H18N6O3/c1-13-7-6(3-19)21-12(9(7)20)18-5-17-8-10(14-2)15-4-16-11(8)18/h4-7,9,12-13,19-20H,3H2,1-2H3,(H,14,15,16)/t6-,7-,9-,12-/m1/s1. The van der Waals surface area contributed by atoms with Crippen molar-refractivity contribution in [3.8, 4) is 0 Å². The minimum absolute atomic E-state index is 0.178. The number of likely N-dealkylation sites (N-methyl/N-ethyl adjacent to an activating group) is 1. The third kappa shape index (κ3) is 2.14. The minimum Gasteiger partial charge on any atom is -0.394 e. The third-order valence-electron chi connectivity index (χ3n) is 3.76. The van der Waals surface area contributed by atoms with Crippen molar-refractivity contribution in [3.63, 3.8) is 0 Å². The fourth-order valence-corrected chi connectivity index (χ4v) is 2.71. The molecule has 4 atom stereocenters. The summed E-state index contributed by atoms with van der Waals surface area (Å²) in [4.78, 5) is 12.6. The fourth-order valence-electron chi connectivity index (χ4n) is 2.71. The van der Waals surface area contributed by atoms with Crippen LogP contribution in [0.1, 0.15) is 6.23 Å². The summed E-state index contributed by atoms with van der Waals surface area (Å²) in [7, 11) is 3.47. The summed E-state index contributed by atoms with van der Waals surface area (Å²) in [5.41, 5.74) is 1.16. The fraction of sp³-hybridized carbons (Fsp3) is 0.583. The maximum absolute atomic E-state index is 10.4. The maximum atomic E-state index is 10.4. The molecule has 1 fully saturated rings. The lowest BCUT2D eigenvalue weighted by Gasteiger charge is -2.18. The second-order valence-electron chi connectivity index (χ2n) is 4.85. The Labute approximate surface area is 121 Å². The monoisotopic (exact) mass is 294 g/mol. The van der Waals surface area contributed by atoms with E-state index >= 15 is 0 Å². The molecule has 3 rings (SSSR count). The van der Waals surface area contributed by atoms with Crippen LogP contribution in [0, 0.1) is 0 Å². The Kier molecular flexibility index (Phi) is 3.72. The van der Waals surface area contributed by atoms with Crippen LogP contribution in [0.5, 0.6) is 0 Å². The van der Waals surface area contributed by atoms with E-state index in [4.69, 9.17) is 4.74 Å². The number of aromatic nitrogens is 4. The van der Waals surface area contributed by atoms with Gasteiger partial charge in [0, 0.05) is 7.05 Å². The van der Waals surface area contributed by atoms with Gasteiger partial charge in [0.2, 0.25) is 0 Å². The van der Waals surface area contributed by atoms with Gasteiger partial charge < -0.3 is 25.6 Å². The van der Waals surface area contributed by atoms with Crippen molar-refractivity contribution in [1.82, 2.24) is 24.8 Å². The molecule has 0 spiro atoms. The highest BCUT2D eigenvalue weighted by molar-refractivity contribution is 5.82. The second-order valence-corrected chi connectivity index (χ2v) is 4.85. The van der Waals surface area contributed by atoms with Gasteiger partial charge in [-0.15, -0.1) is 0 Å². The highest BCUT2D eigenvalue weighted by atomic mass is 16.5. The van der Waals surface area contributed by atoms with Crippen LogP contribution in [0.15, 0.2) is 12.7 Å². The number of imidazole rings is 1. The average molecular weight is 294 g/mol. The summed E-state index contributed by atoms with van der Waals surface area (Å²) in [5.74, 6) is 0.607. The molecule has 1 saturated heterocycles. The largest absolute Gasteiger partial charge is 0.394 e. The molecule has 9 heteroatoms. The van der Waals surface area contributed by atoms with E-state index in [1.807, 2.05) is 0 Å². The van der Waals surface area contributed by atoms with E-state index in [0.717, 1.165) is 0 Å². The zero-order valence-electron chi connectivity index (χ0n) is 11.8. The molecule has 0 bridgehead atoms. The van der Waals surface area contributed by atoms with Crippen LogP contribution in [0.2, 0.25) is 0 Å². The van der Waals surface area contributed by atoms with E-state index in [2.05, 4.69) is 25.6 Å². The number of hydrogen-bond acceptors (Lipinski definition) is 8. The summed E-state index contributed by atoms with van der Waals surface area (Å²) in [5, 5.41) is 25.7. The summed E-state index contributed by atoms with van der Waals surface area (Å²) in [6.07, 6.45) is 1.01. The van der Waals surface area contributed by atoms with Crippen LogP contribution < -0.4 is 10.6 Å². The molecule has 0 unspecified atom stereocenters. The topological polar surface area (TPSA) is 117 Å². The van der Waals surface area contributed by atoms with Crippen molar-refractivity contribution in [2.45, 2.75) is 24.5 Å². The van der Waals surface area contributed by atoms with E-state index in [1.165, 1.54) is 6.33 Å². The molecule has 0 radical (unpaired) electrons. The van der Waals surface area contributed by atoms with Gasteiger partial charge >= 0.3 is 0 Å². The normalized spacial score (nSPS) is 29.1. The third-order valence-corrected chi connectivity index (χ3v) is 3.76. The second kappa shape index (κ2) is 5.53. The van der Waals surface area contributed by atoms with Crippen molar-refractivity contribution in [2.24, 2.45) is 0 Å². The van der Waals surface area contributed by atoms with Crippen LogP contribution >= 0.6 is 0 Å². The van der Waals surface area contributed by atoms with Gasteiger partial charge in [-0.3, -0.25) is 4.57 Å². The number of anilines is 1.